The van der Waals surface area contributed by atoms with Crippen molar-refractivity contribution in [3.8, 4) is 5.75 Å². The third-order valence-corrected chi connectivity index (χ3v) is 4.52. The van der Waals surface area contributed by atoms with Gasteiger partial charge in [-0.25, -0.2) is 0 Å². The predicted molar refractivity (Wildman–Crippen MR) is 96.1 cm³/mol. The van der Waals surface area contributed by atoms with Crippen LogP contribution in [0.1, 0.15) is 12.0 Å². The van der Waals surface area contributed by atoms with Gasteiger partial charge in [-0.05, 0) is 30.2 Å². The summed E-state index contributed by atoms with van der Waals surface area (Å²) in [6, 6.07) is 15.0. The number of piperazine rings is 1. The first-order valence-electron chi connectivity index (χ1n) is 8.29. The molecule has 0 aromatic heterocycles. The number of para-hydroxylation sites is 3. The fraction of sp³-hybridized carbons (Fsp3) is 0.316. The maximum absolute atomic E-state index is 12.4. The minimum Gasteiger partial charge on any atom is -0.506 e. The summed E-state index contributed by atoms with van der Waals surface area (Å²) in [6.07, 6.45) is 1.15. The zero-order valence-electron chi connectivity index (χ0n) is 13.7. The smallest absolute Gasteiger partial charge is 0.223 e. The molecule has 3 N–H and O–H groups in total. The molecule has 24 heavy (non-hydrogen) atoms. The molecule has 3 rings (SSSR count). The number of aromatic hydroxyl groups is 1. The molecule has 1 saturated heterocycles. The summed E-state index contributed by atoms with van der Waals surface area (Å²) < 4.78 is 0. The third kappa shape index (κ3) is 3.62. The normalized spacial score (nSPS) is 14.7. The minimum absolute atomic E-state index is 0.162. The van der Waals surface area contributed by atoms with Gasteiger partial charge in [0.25, 0.3) is 0 Å². The lowest BCUT2D eigenvalue weighted by molar-refractivity contribution is -0.131. The molecule has 126 valence electrons. The minimum atomic E-state index is 0.162. The summed E-state index contributed by atoms with van der Waals surface area (Å²) in [5.74, 6) is 0.451. The quantitative estimate of drug-likeness (QED) is 0.846. The highest BCUT2D eigenvalue weighted by atomic mass is 16.3. The highest BCUT2D eigenvalue weighted by molar-refractivity contribution is 5.77. The maximum atomic E-state index is 12.4. The van der Waals surface area contributed by atoms with Gasteiger partial charge in [0.05, 0.1) is 5.69 Å². The van der Waals surface area contributed by atoms with Gasteiger partial charge in [0.2, 0.25) is 5.91 Å². The van der Waals surface area contributed by atoms with Gasteiger partial charge >= 0.3 is 0 Å². The number of aryl methyl sites for hydroxylation is 1. The second-order valence-corrected chi connectivity index (χ2v) is 6.06. The largest absolute Gasteiger partial charge is 0.506 e. The number of phenols is 1. The van der Waals surface area contributed by atoms with E-state index < -0.39 is 0 Å². The predicted octanol–water partition coefficient (Wildman–Crippen LogP) is 2.26. The number of carbonyl (C=O) groups is 1. The van der Waals surface area contributed by atoms with E-state index in [1.54, 1.807) is 6.07 Å². The number of hydrogen-bond donors (Lipinski definition) is 2. The molecular formula is C19H23N3O2. The number of nitrogen functional groups attached to an aromatic ring is 1. The van der Waals surface area contributed by atoms with Gasteiger partial charge in [0.15, 0.2) is 0 Å². The van der Waals surface area contributed by atoms with Crippen molar-refractivity contribution in [3.63, 3.8) is 0 Å². The summed E-state index contributed by atoms with van der Waals surface area (Å²) in [4.78, 5) is 16.4. The number of rotatable bonds is 4. The molecule has 0 unspecified atom stereocenters. The van der Waals surface area contributed by atoms with E-state index in [-0.39, 0.29) is 11.7 Å². The van der Waals surface area contributed by atoms with Crippen LogP contribution in [0.4, 0.5) is 11.4 Å². The van der Waals surface area contributed by atoms with Crippen LogP contribution in [0.3, 0.4) is 0 Å². The Bertz CT molecular complexity index is 709. The van der Waals surface area contributed by atoms with Crippen LogP contribution in [-0.4, -0.2) is 42.1 Å². The Balaban J connectivity index is 1.52. The van der Waals surface area contributed by atoms with Gasteiger partial charge in [-0.1, -0.05) is 30.3 Å². The molecule has 5 heteroatoms. The van der Waals surface area contributed by atoms with Gasteiger partial charge in [-0.3, -0.25) is 4.79 Å². The number of benzene rings is 2. The molecular weight excluding hydrogens is 302 g/mol. The maximum Gasteiger partial charge on any atom is 0.223 e. The molecule has 0 spiro atoms. The van der Waals surface area contributed by atoms with Crippen LogP contribution in [0.15, 0.2) is 48.5 Å². The summed E-state index contributed by atoms with van der Waals surface area (Å²) in [6.45, 7) is 2.82. The topological polar surface area (TPSA) is 69.8 Å². The zero-order chi connectivity index (χ0) is 16.9. The molecule has 2 aromatic rings. The number of phenolic OH excluding ortho intramolecular Hbond substituents is 1. The Morgan fingerprint density at radius 1 is 1.00 bits per heavy atom. The van der Waals surface area contributed by atoms with Crippen LogP contribution in [0.2, 0.25) is 0 Å². The molecule has 1 heterocycles. The van der Waals surface area contributed by atoms with Crippen molar-refractivity contribution in [1.29, 1.82) is 0 Å². The number of hydrogen-bond acceptors (Lipinski definition) is 4. The van der Waals surface area contributed by atoms with E-state index in [1.807, 2.05) is 47.4 Å². The van der Waals surface area contributed by atoms with Crippen LogP contribution in [-0.2, 0) is 11.2 Å². The van der Waals surface area contributed by atoms with Gasteiger partial charge < -0.3 is 20.6 Å². The Kier molecular flexibility index (Phi) is 4.89. The van der Waals surface area contributed by atoms with E-state index in [1.165, 1.54) is 0 Å². The Hall–Kier alpha value is -2.69. The van der Waals surface area contributed by atoms with E-state index >= 15 is 0 Å². The van der Waals surface area contributed by atoms with Crippen LogP contribution in [0, 0.1) is 0 Å². The van der Waals surface area contributed by atoms with Crippen LogP contribution in [0.25, 0.3) is 0 Å². The average molecular weight is 325 g/mol. The summed E-state index contributed by atoms with van der Waals surface area (Å²) in [5.41, 5.74) is 8.53. The molecule has 1 aliphatic rings. The van der Waals surface area contributed by atoms with Gasteiger partial charge in [0.1, 0.15) is 5.75 Å². The van der Waals surface area contributed by atoms with Crippen LogP contribution >= 0.6 is 0 Å². The molecule has 1 amide bonds. The fourth-order valence-electron chi connectivity index (χ4n) is 3.09. The lowest BCUT2D eigenvalue weighted by atomic mass is 10.1. The van der Waals surface area contributed by atoms with Gasteiger partial charge in [-0.2, -0.15) is 0 Å². The second kappa shape index (κ2) is 7.25. The summed E-state index contributed by atoms with van der Waals surface area (Å²) >= 11 is 0. The van der Waals surface area contributed by atoms with Crippen molar-refractivity contribution in [2.75, 3.05) is 36.8 Å². The highest BCUT2D eigenvalue weighted by Gasteiger charge is 2.22. The molecule has 0 aliphatic carbocycles. The van der Waals surface area contributed by atoms with Crippen molar-refractivity contribution < 1.29 is 9.90 Å². The van der Waals surface area contributed by atoms with Crippen molar-refractivity contribution in [2.45, 2.75) is 12.8 Å². The molecule has 1 fully saturated rings. The summed E-state index contributed by atoms with van der Waals surface area (Å²) in [7, 11) is 0. The summed E-state index contributed by atoms with van der Waals surface area (Å²) in [5, 5.41) is 9.94. The lowest BCUT2D eigenvalue weighted by Gasteiger charge is -2.36. The van der Waals surface area contributed by atoms with Crippen molar-refractivity contribution >= 4 is 17.3 Å². The van der Waals surface area contributed by atoms with Crippen LogP contribution < -0.4 is 10.6 Å². The van der Waals surface area contributed by atoms with Crippen molar-refractivity contribution in [2.24, 2.45) is 0 Å². The first-order chi connectivity index (χ1) is 11.6. The molecule has 0 radical (unpaired) electrons. The molecule has 1 aliphatic heterocycles. The third-order valence-electron chi connectivity index (χ3n) is 4.52. The number of carbonyl (C=O) groups excluding carboxylic acids is 1. The SMILES string of the molecule is Nc1ccccc1CCC(=O)N1CCN(c2ccccc2O)CC1. The average Bonchev–Trinajstić information content (AvgIpc) is 2.61. The van der Waals surface area contributed by atoms with Gasteiger partial charge in [-0.15, -0.1) is 0 Å². The molecule has 5 nitrogen and oxygen atoms in total. The standard InChI is InChI=1S/C19H23N3O2/c20-16-6-2-1-5-15(16)9-10-19(24)22-13-11-21(12-14-22)17-7-3-4-8-18(17)23/h1-8,23H,9-14,20H2. The molecule has 0 atom stereocenters. The number of amides is 1. The first-order valence-corrected chi connectivity index (χ1v) is 8.29. The van der Waals surface area contributed by atoms with E-state index in [0.29, 0.717) is 25.9 Å². The van der Waals surface area contributed by atoms with Gasteiger partial charge in [0, 0.05) is 38.3 Å². The monoisotopic (exact) mass is 325 g/mol. The van der Waals surface area contributed by atoms with E-state index in [0.717, 1.165) is 30.0 Å². The van der Waals surface area contributed by atoms with E-state index in [9.17, 15) is 9.90 Å². The first kappa shape index (κ1) is 16.2. The number of nitrogens with zero attached hydrogens (tertiary/aromatic N) is 2. The van der Waals surface area contributed by atoms with E-state index in [2.05, 4.69) is 4.90 Å². The fourth-order valence-corrected chi connectivity index (χ4v) is 3.09. The number of nitrogens with two attached hydrogens (primary N) is 1. The molecule has 2 aromatic carbocycles. The Labute approximate surface area is 142 Å². The van der Waals surface area contributed by atoms with Crippen LogP contribution in [0.5, 0.6) is 5.75 Å². The molecule has 0 saturated carbocycles. The second-order valence-electron chi connectivity index (χ2n) is 6.06. The lowest BCUT2D eigenvalue weighted by Crippen LogP contribution is -2.48. The number of anilines is 2. The molecule has 0 bridgehead atoms. The van der Waals surface area contributed by atoms with Crippen molar-refractivity contribution in [3.05, 3.63) is 54.1 Å². The van der Waals surface area contributed by atoms with E-state index in [4.69, 9.17) is 5.73 Å². The Morgan fingerprint density at radius 3 is 2.38 bits per heavy atom. The Morgan fingerprint density at radius 2 is 1.67 bits per heavy atom. The highest BCUT2D eigenvalue weighted by Crippen LogP contribution is 2.27. The zero-order valence-corrected chi connectivity index (χ0v) is 13.7. The van der Waals surface area contributed by atoms with Crippen molar-refractivity contribution in [1.82, 2.24) is 4.90 Å².